The molecule has 0 unspecified atom stereocenters. The van der Waals surface area contributed by atoms with Crippen LogP contribution in [0.25, 0.3) is 0 Å². The van der Waals surface area contributed by atoms with E-state index in [0.717, 1.165) is 11.8 Å². The number of nitrogens with zero attached hydrogens (tertiary/aromatic N) is 1. The zero-order valence-corrected chi connectivity index (χ0v) is 20.8. The minimum Gasteiger partial charge on any atom is -0.507 e. The number of halogens is 4. The van der Waals surface area contributed by atoms with Crippen molar-refractivity contribution in [3.63, 3.8) is 0 Å². The Hall–Kier alpha value is -2.75. The Kier molecular flexibility index (Phi) is 9.78. The van der Waals surface area contributed by atoms with E-state index in [0.29, 0.717) is 41.6 Å². The van der Waals surface area contributed by atoms with Gasteiger partial charge in [0.1, 0.15) is 17.2 Å². The molecule has 2 rings (SSSR count). The molecular formula is C24H28BrF3N2O4. The molecule has 0 saturated carbocycles. The van der Waals surface area contributed by atoms with Crippen LogP contribution in [-0.4, -0.2) is 49.8 Å². The number of esters is 1. The Balaban J connectivity index is 2.02. The van der Waals surface area contributed by atoms with Gasteiger partial charge in [-0.25, -0.2) is 4.79 Å². The van der Waals surface area contributed by atoms with Gasteiger partial charge in [0.2, 0.25) is 0 Å². The fourth-order valence-electron chi connectivity index (χ4n) is 3.33. The van der Waals surface area contributed by atoms with Gasteiger partial charge in [-0.15, -0.1) is 0 Å². The van der Waals surface area contributed by atoms with Gasteiger partial charge in [0, 0.05) is 34.9 Å². The van der Waals surface area contributed by atoms with Crippen LogP contribution in [0, 0.1) is 5.41 Å². The van der Waals surface area contributed by atoms with Crippen LogP contribution < -0.4 is 9.64 Å². The summed E-state index contributed by atoms with van der Waals surface area (Å²) in [5.74, 6) is -0.660. The number of phenolic OH excluding ortho intramolecular Hbond substituents is 1. The van der Waals surface area contributed by atoms with Crippen molar-refractivity contribution in [1.29, 1.82) is 5.41 Å². The maximum absolute atomic E-state index is 12.9. The van der Waals surface area contributed by atoms with Crippen LogP contribution >= 0.6 is 15.9 Å². The molecule has 6 nitrogen and oxygen atoms in total. The fourth-order valence-corrected chi connectivity index (χ4v) is 3.86. The molecule has 186 valence electrons. The second-order valence-corrected chi connectivity index (χ2v) is 8.42. The molecule has 0 aromatic heterocycles. The average Bonchev–Trinajstić information content (AvgIpc) is 2.77. The monoisotopic (exact) mass is 544 g/mol. The van der Waals surface area contributed by atoms with Crippen molar-refractivity contribution < 1.29 is 32.5 Å². The summed E-state index contributed by atoms with van der Waals surface area (Å²) in [5, 5.41) is 17.7. The molecule has 0 radical (unpaired) electrons. The SMILES string of the molecule is CCCc1c(OCCCN(C)c2ccc(C(=O)OCC)c(Br)c2)ccc(C(=N)C(F)(F)F)c1O. The van der Waals surface area contributed by atoms with Gasteiger partial charge >= 0.3 is 12.1 Å². The minimum absolute atomic E-state index is 0.265. The van der Waals surface area contributed by atoms with Crippen LogP contribution in [0.5, 0.6) is 11.5 Å². The smallest absolute Gasteiger partial charge is 0.433 e. The minimum atomic E-state index is -4.85. The summed E-state index contributed by atoms with van der Waals surface area (Å²) in [6.45, 7) is 4.75. The van der Waals surface area contributed by atoms with Gasteiger partial charge in [0.15, 0.2) is 0 Å². The Bertz CT molecular complexity index is 1030. The highest BCUT2D eigenvalue weighted by molar-refractivity contribution is 9.10. The maximum Gasteiger partial charge on any atom is 0.433 e. The second-order valence-electron chi connectivity index (χ2n) is 7.57. The number of carbonyl (C=O) groups excluding carboxylic acids is 1. The summed E-state index contributed by atoms with van der Waals surface area (Å²) in [6.07, 6.45) is -3.34. The van der Waals surface area contributed by atoms with E-state index < -0.39 is 29.2 Å². The van der Waals surface area contributed by atoms with Crippen LogP contribution in [-0.2, 0) is 11.2 Å². The number of anilines is 1. The predicted octanol–water partition coefficient (Wildman–Crippen LogP) is 6.12. The summed E-state index contributed by atoms with van der Waals surface area (Å²) in [4.78, 5) is 13.9. The number of rotatable bonds is 11. The molecule has 0 heterocycles. The van der Waals surface area contributed by atoms with E-state index in [-0.39, 0.29) is 18.8 Å². The zero-order valence-electron chi connectivity index (χ0n) is 19.3. The number of hydrogen-bond donors (Lipinski definition) is 2. The van der Waals surface area contributed by atoms with E-state index >= 15 is 0 Å². The van der Waals surface area contributed by atoms with Crippen molar-refractivity contribution in [2.45, 2.75) is 39.3 Å². The van der Waals surface area contributed by atoms with Crippen molar-refractivity contribution in [2.75, 3.05) is 31.7 Å². The first-order valence-electron chi connectivity index (χ1n) is 10.8. The van der Waals surface area contributed by atoms with E-state index in [1.165, 1.54) is 6.07 Å². The molecule has 0 saturated heterocycles. The third kappa shape index (κ3) is 6.88. The molecule has 2 aromatic carbocycles. The Morgan fingerprint density at radius 2 is 1.85 bits per heavy atom. The highest BCUT2D eigenvalue weighted by Gasteiger charge is 2.37. The van der Waals surface area contributed by atoms with Crippen LogP contribution in [0.4, 0.5) is 18.9 Å². The molecule has 2 aromatic rings. The molecule has 10 heteroatoms. The summed E-state index contributed by atoms with van der Waals surface area (Å²) in [5.41, 5.74) is -0.566. The number of carbonyl (C=O) groups is 1. The van der Waals surface area contributed by atoms with Crippen molar-refractivity contribution in [2.24, 2.45) is 0 Å². The summed E-state index contributed by atoms with van der Waals surface area (Å²) >= 11 is 3.39. The van der Waals surface area contributed by atoms with Crippen molar-refractivity contribution in [3.8, 4) is 11.5 Å². The van der Waals surface area contributed by atoms with E-state index in [4.69, 9.17) is 14.9 Å². The predicted molar refractivity (Wildman–Crippen MR) is 128 cm³/mol. The zero-order chi connectivity index (χ0) is 25.5. The molecule has 0 aliphatic rings. The molecule has 0 aliphatic heterocycles. The first kappa shape index (κ1) is 27.5. The molecule has 0 bridgehead atoms. The first-order valence-corrected chi connectivity index (χ1v) is 11.6. The van der Waals surface area contributed by atoms with Crippen LogP contribution in [0.2, 0.25) is 0 Å². The largest absolute Gasteiger partial charge is 0.507 e. The summed E-state index contributed by atoms with van der Waals surface area (Å²) in [7, 11) is 1.89. The van der Waals surface area contributed by atoms with E-state index in [1.54, 1.807) is 13.0 Å². The van der Waals surface area contributed by atoms with Crippen LogP contribution in [0.3, 0.4) is 0 Å². The lowest BCUT2D eigenvalue weighted by atomic mass is 10.00. The topological polar surface area (TPSA) is 82.8 Å². The van der Waals surface area contributed by atoms with Crippen LogP contribution in [0.15, 0.2) is 34.8 Å². The third-order valence-electron chi connectivity index (χ3n) is 5.08. The average molecular weight is 545 g/mol. The lowest BCUT2D eigenvalue weighted by Crippen LogP contribution is -2.23. The number of alkyl halides is 3. The molecule has 0 fully saturated rings. The third-order valence-corrected chi connectivity index (χ3v) is 5.73. The highest BCUT2D eigenvalue weighted by Crippen LogP contribution is 2.36. The van der Waals surface area contributed by atoms with Gasteiger partial charge in [-0.05, 0) is 66.0 Å². The molecule has 2 N–H and O–H groups in total. The fraction of sp³-hybridized carbons (Fsp3) is 0.417. The number of hydrogen-bond acceptors (Lipinski definition) is 6. The van der Waals surface area contributed by atoms with E-state index in [2.05, 4.69) is 15.9 Å². The van der Waals surface area contributed by atoms with E-state index in [9.17, 15) is 23.1 Å². The van der Waals surface area contributed by atoms with Crippen molar-refractivity contribution in [1.82, 2.24) is 0 Å². The van der Waals surface area contributed by atoms with Crippen LogP contribution in [0.1, 0.15) is 48.2 Å². The lowest BCUT2D eigenvalue weighted by Gasteiger charge is -2.21. The normalized spacial score (nSPS) is 11.3. The molecule has 0 atom stereocenters. The Labute approximate surface area is 205 Å². The second kappa shape index (κ2) is 12.1. The summed E-state index contributed by atoms with van der Waals surface area (Å²) in [6, 6.07) is 7.75. The number of benzene rings is 2. The highest BCUT2D eigenvalue weighted by atomic mass is 79.9. The Morgan fingerprint density at radius 3 is 2.44 bits per heavy atom. The maximum atomic E-state index is 12.9. The van der Waals surface area contributed by atoms with Gasteiger partial charge < -0.3 is 19.5 Å². The molecule has 0 aliphatic carbocycles. The van der Waals surface area contributed by atoms with Crippen molar-refractivity contribution >= 4 is 33.3 Å². The number of nitrogens with one attached hydrogen (secondary N) is 1. The first-order chi connectivity index (χ1) is 16.0. The standard InChI is InChI=1S/C24H28BrF3N2O4/c1-4-7-17-20(11-10-18(21(17)31)22(29)24(26,27)28)34-13-6-12-30(3)15-8-9-16(19(25)14-15)23(32)33-5-2/h8-11,14,29,31H,4-7,12-13H2,1-3H3. The van der Waals surface area contributed by atoms with Gasteiger partial charge in [-0.3, -0.25) is 5.41 Å². The van der Waals surface area contributed by atoms with Gasteiger partial charge in [0.05, 0.1) is 18.8 Å². The molecule has 0 amide bonds. The molecule has 34 heavy (non-hydrogen) atoms. The quantitative estimate of drug-likeness (QED) is 0.202. The molecule has 0 spiro atoms. The Morgan fingerprint density at radius 1 is 1.18 bits per heavy atom. The number of phenols is 1. The number of aromatic hydroxyl groups is 1. The van der Waals surface area contributed by atoms with Gasteiger partial charge in [-0.2, -0.15) is 13.2 Å². The number of ether oxygens (including phenoxy) is 2. The van der Waals surface area contributed by atoms with Crippen molar-refractivity contribution in [3.05, 3.63) is 51.5 Å². The van der Waals surface area contributed by atoms with Gasteiger partial charge in [0.25, 0.3) is 0 Å². The lowest BCUT2D eigenvalue weighted by molar-refractivity contribution is -0.0588. The van der Waals surface area contributed by atoms with E-state index in [1.807, 2.05) is 31.0 Å². The molecular weight excluding hydrogens is 517 g/mol. The summed E-state index contributed by atoms with van der Waals surface area (Å²) < 4.78 is 50.2. The van der Waals surface area contributed by atoms with Gasteiger partial charge in [-0.1, -0.05) is 13.3 Å².